The van der Waals surface area contributed by atoms with Crippen molar-refractivity contribution in [3.05, 3.63) is 613 Å². The first-order valence-corrected chi connectivity index (χ1v) is 52.2. The molecular formula is C142H114BN3P. The van der Waals surface area contributed by atoms with Crippen molar-refractivity contribution in [1.82, 2.24) is 0 Å². The molecule has 0 fully saturated rings. The largest absolute Gasteiger partial charge is 0.399 e. The van der Waals surface area contributed by atoms with E-state index in [9.17, 15) is 0 Å². The predicted octanol–water partition coefficient (Wildman–Crippen LogP) is 37.8. The van der Waals surface area contributed by atoms with Crippen LogP contribution in [-0.4, -0.2) is 8.86 Å². The molecule has 0 saturated carbocycles. The molecule has 0 aromatic heterocycles. The molecule has 1 atom stereocenters. The van der Waals surface area contributed by atoms with Crippen molar-refractivity contribution in [3.63, 3.8) is 0 Å². The Morgan fingerprint density at radius 2 is 0.510 bits per heavy atom. The Morgan fingerprint density at radius 3 is 0.884 bits per heavy atom. The van der Waals surface area contributed by atoms with Crippen LogP contribution in [0.2, 0.25) is 0 Å². The molecule has 24 aromatic rings. The molecule has 705 valence electrons. The van der Waals surface area contributed by atoms with Crippen molar-refractivity contribution < 1.29 is 0 Å². The number of anilines is 6. The van der Waals surface area contributed by atoms with Crippen LogP contribution in [0.3, 0.4) is 0 Å². The van der Waals surface area contributed by atoms with E-state index in [-0.39, 0.29) is 5.41 Å². The smallest absolute Gasteiger partial charge is 0.116 e. The van der Waals surface area contributed by atoms with E-state index in [4.69, 9.17) is 7.07 Å². The maximum atomic E-state index is 6.24. The van der Waals surface area contributed by atoms with Gasteiger partial charge in [0.2, 0.25) is 0 Å². The van der Waals surface area contributed by atoms with E-state index < -0.39 is 10.8 Å². The summed E-state index contributed by atoms with van der Waals surface area (Å²) in [5, 5.41) is 18.9. The topological polar surface area (TPSA) is 41.3 Å². The number of benzene rings is 24. The van der Waals surface area contributed by atoms with Gasteiger partial charge in [0.05, 0.1) is 16.2 Å². The van der Waals surface area contributed by atoms with E-state index in [1.54, 1.807) is 0 Å². The molecule has 0 bridgehead atoms. The van der Waals surface area contributed by atoms with Crippen molar-refractivity contribution >= 4 is 115 Å². The van der Waals surface area contributed by atoms with E-state index in [0.717, 1.165) is 34.1 Å². The number of hydrogen-bond acceptors (Lipinski definition) is 3. The third-order valence-corrected chi connectivity index (χ3v) is 30.0. The van der Waals surface area contributed by atoms with E-state index >= 15 is 0 Å². The monoisotopic (exact) mass is 1900 g/mol. The summed E-state index contributed by atoms with van der Waals surface area (Å²) in [5.41, 5.74) is 41.5. The highest BCUT2D eigenvalue weighted by atomic mass is 31.0. The molecule has 3 aliphatic carbocycles. The number of nitrogens with one attached hydrogen (secondary N) is 1. The Hall–Kier alpha value is -17.3. The second-order valence-corrected chi connectivity index (χ2v) is 37.9. The van der Waals surface area contributed by atoms with E-state index in [2.05, 4.69) is 573 Å². The molecule has 3 nitrogen and oxygen atoms in total. The van der Waals surface area contributed by atoms with Gasteiger partial charge in [-0.2, -0.15) is 9.12 Å². The van der Waals surface area contributed by atoms with E-state index in [1.807, 2.05) is 19.9 Å². The normalized spacial score (nSPS) is 12.6. The summed E-state index contributed by atoms with van der Waals surface area (Å²) < 4.78 is 6.05. The fraction of sp³-hybridized carbons (Fsp3) is 0.0704. The third-order valence-electron chi connectivity index (χ3n) is 30.0. The zero-order chi connectivity index (χ0) is 101. The molecule has 0 saturated heterocycles. The summed E-state index contributed by atoms with van der Waals surface area (Å²) in [4.78, 5) is 2.46. The fourth-order valence-electron chi connectivity index (χ4n) is 23.7. The first-order valence-electron chi connectivity index (χ1n) is 52.1. The number of nitrogens with zero attached hydrogens (tertiary/aromatic N) is 1. The third kappa shape index (κ3) is 17.0. The Balaban J connectivity index is 0.000000130. The molecule has 147 heavy (non-hydrogen) atoms. The summed E-state index contributed by atoms with van der Waals surface area (Å²) in [5.74, 6) is 0. The Kier molecular flexibility index (Phi) is 26.7. The lowest BCUT2D eigenvalue weighted by atomic mass is 9.67. The van der Waals surface area contributed by atoms with Gasteiger partial charge in [0, 0.05) is 34.1 Å². The molecule has 0 spiro atoms. The minimum atomic E-state index is -0.525. The van der Waals surface area contributed by atoms with Crippen LogP contribution in [0.4, 0.5) is 34.1 Å². The molecule has 24 aromatic carbocycles. The first kappa shape index (κ1) is 93.4. The maximum absolute atomic E-state index is 6.24. The van der Waals surface area contributed by atoms with Crippen LogP contribution < -0.4 is 16.0 Å². The molecule has 1 unspecified atom stereocenters. The maximum Gasteiger partial charge on any atom is 0.116 e. The molecule has 3 N–H and O–H groups in total. The van der Waals surface area contributed by atoms with Gasteiger partial charge in [0.25, 0.3) is 0 Å². The van der Waals surface area contributed by atoms with Crippen molar-refractivity contribution in [2.75, 3.05) is 16.0 Å². The Morgan fingerprint density at radius 1 is 0.231 bits per heavy atom. The molecule has 0 aliphatic heterocycles. The molecule has 27 rings (SSSR count). The number of nitrogen functional groups attached to an aromatic ring is 1. The van der Waals surface area contributed by atoms with Crippen molar-refractivity contribution in [2.24, 2.45) is 0 Å². The molecular weight excluding hydrogens is 1790 g/mol. The minimum absolute atomic E-state index is 0.343. The minimum Gasteiger partial charge on any atom is -0.399 e. The first-order chi connectivity index (χ1) is 73.2. The second kappa shape index (κ2) is 42.0. The second-order valence-electron chi connectivity index (χ2n) is 37.9. The van der Waals surface area contributed by atoms with Gasteiger partial charge >= 0.3 is 0 Å². The number of nitrogens with two attached hydrogens (primary N) is 1. The van der Waals surface area contributed by atoms with Crippen LogP contribution in [0.15, 0.2) is 546 Å². The summed E-state index contributed by atoms with van der Waals surface area (Å²) in [6.45, 7) is 8.42. The lowest BCUT2D eigenvalue weighted by Crippen LogP contribution is -2.28. The van der Waals surface area contributed by atoms with Crippen LogP contribution in [0.1, 0.15) is 114 Å². The number of rotatable bonds is 16. The van der Waals surface area contributed by atoms with Crippen molar-refractivity contribution in [1.29, 1.82) is 1.34 Å². The summed E-state index contributed by atoms with van der Waals surface area (Å²) in [6, 6.07) is 199. The zero-order valence-corrected chi connectivity index (χ0v) is 84.4. The van der Waals surface area contributed by atoms with Gasteiger partial charge in [-0.25, -0.2) is 0 Å². The number of unbranched alkanes of at least 4 members (excludes halogenated alkanes) is 2. The van der Waals surface area contributed by atoms with E-state index in [1.165, 1.54) is 225 Å². The average molecular weight is 1910 g/mol. The molecule has 0 amide bonds. The average Bonchev–Trinajstić information content (AvgIpc) is 1.54. The predicted molar refractivity (Wildman–Crippen MR) is 635 cm³/mol. The van der Waals surface area contributed by atoms with Crippen LogP contribution in [0.5, 0.6) is 0 Å². The lowest BCUT2D eigenvalue weighted by molar-refractivity contribution is 0.768. The van der Waals surface area contributed by atoms with Crippen LogP contribution >= 0.6 is 9.12 Å². The Labute approximate surface area is 869 Å². The molecule has 5 heteroatoms. The van der Waals surface area contributed by atoms with Gasteiger partial charge in [-0.05, 0) is 290 Å². The van der Waals surface area contributed by atoms with Crippen LogP contribution in [0, 0.1) is 0 Å². The summed E-state index contributed by atoms with van der Waals surface area (Å²) in [7, 11) is 3.29. The number of hydrogen-bond donors (Lipinski definition) is 2. The van der Waals surface area contributed by atoms with Gasteiger partial charge < -0.3 is 16.0 Å². The SMILES string of the molecule is CC.CCCCC.Nc1ccc2c(c1)C(c1ccccc1)(c1ccccc1)c1ccccc1-2.[3H][B]P.c1ccc(C2(c3ccccc3)c3ccccc3-c3ccc(N(c4ccc(-c5cc6ccccc6c6ccccc56)cc4)c4cccc(-c5cc6ccccc6c6ccccc56)c4)cc32)cc1.c1ccc(C2(c3ccccc3)c3ccccc3-c3ccc(Nc4ccc(-c5cc6ccccc6c6ccccc56)cc4)cc32)cc1. The van der Waals surface area contributed by atoms with E-state index in [0.29, 0.717) is 0 Å². The number of fused-ring (bicyclic) bond motifs is 18. The van der Waals surface area contributed by atoms with Crippen LogP contribution in [-0.2, 0) is 16.2 Å². The van der Waals surface area contributed by atoms with Gasteiger partial charge in [0.15, 0.2) is 0 Å². The standard InChI is InChI=1S/C65H43N.C45H31N.C25H19N.C5H12.C2H6.BH3P/c1-3-21-48(22-4-1)65(49-23-5-2-6-24-49)63-33-16-15-32-59(63)60-39-38-52(43-64(60)65)66(50-36-34-44(35-37-50)61-41-46-18-7-9-26-53(46)55-28-11-13-30-57(55)61)51-25-17-20-45(40-51)62-42-47-19-8-10-27-54(47)56-29-12-14-31-58(56)62;1-3-14-33(15-4-1)45(34-16-5-2-6-17-34)43-22-12-11-21-40(43)41-28-27-36(30-44(41)45)46-35-25-23-31(24-26-35)42-29-32-13-7-8-18-37(32)38-19-9-10-20-39(38)42;26-20-15-16-22-21-13-7-8-14-23(21)25(24(22)17-20,18-9-3-1-4-10-18)19-11-5-2-6-12-19;1-3-5-4-2;2*1-2/h1-43H;1-30,46H;1-17H,26H2;3-5H2,1-2H3;1-2H3;1H,2H2/i;;;;;1T. The van der Waals surface area contributed by atoms with Gasteiger partial charge in [-0.15, -0.1) is 0 Å². The molecule has 3 aliphatic rings. The Bertz CT molecular complexity index is 8770. The zero-order valence-electron chi connectivity index (χ0n) is 84.3. The van der Waals surface area contributed by atoms with Crippen LogP contribution in [0.25, 0.3) is 131 Å². The lowest BCUT2D eigenvalue weighted by Gasteiger charge is -2.35. The van der Waals surface area contributed by atoms with Gasteiger partial charge in [-0.1, -0.05) is 502 Å². The molecule has 0 heterocycles. The fourth-order valence-corrected chi connectivity index (χ4v) is 23.7. The van der Waals surface area contributed by atoms with Crippen molar-refractivity contribution in [2.45, 2.75) is 63.2 Å². The van der Waals surface area contributed by atoms with Crippen molar-refractivity contribution in [3.8, 4) is 66.8 Å². The molecule has 1 radical (unpaired) electrons. The highest BCUT2D eigenvalue weighted by Crippen LogP contribution is 2.61. The van der Waals surface area contributed by atoms with Gasteiger partial charge in [-0.3, -0.25) is 0 Å². The highest BCUT2D eigenvalue weighted by Gasteiger charge is 2.49. The highest BCUT2D eigenvalue weighted by molar-refractivity contribution is 7.49. The summed E-state index contributed by atoms with van der Waals surface area (Å²) in [6.07, 6.45) is 4.08. The quantitative estimate of drug-likeness (QED) is 0.0438. The summed E-state index contributed by atoms with van der Waals surface area (Å²) >= 11 is 0. The van der Waals surface area contributed by atoms with Gasteiger partial charge in [0.1, 0.15) is 7.53 Å².